The SMILES string of the molecule is C[CH-]C.Cc1[c-]c(C)c(C(C)C)c(C)c1C.[Y]. The van der Waals surface area contributed by atoms with Crippen molar-refractivity contribution in [3.63, 3.8) is 0 Å². The summed E-state index contributed by atoms with van der Waals surface area (Å²) < 4.78 is 0. The molecule has 0 atom stereocenters. The Kier molecular flexibility index (Phi) is 10.7. The summed E-state index contributed by atoms with van der Waals surface area (Å²) in [5, 5.41) is 0. The second kappa shape index (κ2) is 9.28. The third-order valence-electron chi connectivity index (χ3n) is 2.89. The van der Waals surface area contributed by atoms with Gasteiger partial charge in [-0.05, 0) is 0 Å². The molecule has 1 rings (SSSR count). The summed E-state index contributed by atoms with van der Waals surface area (Å²) >= 11 is 0. The van der Waals surface area contributed by atoms with E-state index in [1.54, 1.807) is 0 Å². The van der Waals surface area contributed by atoms with Gasteiger partial charge in [0, 0.05) is 32.7 Å². The fraction of sp³-hybridized carbons (Fsp3) is 0.562. The normalized spacial score (nSPS) is 9.47. The third kappa shape index (κ3) is 5.66. The quantitative estimate of drug-likeness (QED) is 0.635. The molecule has 0 aliphatic rings. The standard InChI is InChI=1S/C13H19.C3H7.Y/c1-8(2)13-10(4)7-9(3)11(5)12(13)6;1-3-2;/h8H,1-6H3;3H,1-2H3;/q2*-1;. The van der Waals surface area contributed by atoms with Crippen LogP contribution in [-0.2, 0) is 32.7 Å². The van der Waals surface area contributed by atoms with Crippen molar-refractivity contribution >= 4 is 0 Å². The van der Waals surface area contributed by atoms with Crippen molar-refractivity contribution in [1.29, 1.82) is 0 Å². The molecule has 17 heavy (non-hydrogen) atoms. The molecule has 0 aliphatic heterocycles. The molecule has 0 spiro atoms. The largest absolute Gasteiger partial charge is 0.335 e. The molecule has 0 saturated carbocycles. The van der Waals surface area contributed by atoms with Crippen LogP contribution in [0.25, 0.3) is 0 Å². The van der Waals surface area contributed by atoms with Crippen molar-refractivity contribution in [2.45, 2.75) is 61.3 Å². The van der Waals surface area contributed by atoms with Gasteiger partial charge in [0.1, 0.15) is 0 Å². The summed E-state index contributed by atoms with van der Waals surface area (Å²) in [5.74, 6) is 0.607. The molecule has 1 radical (unpaired) electrons. The number of aryl methyl sites for hydroxylation is 2. The molecule has 1 aromatic carbocycles. The Morgan fingerprint density at radius 2 is 1.29 bits per heavy atom. The smallest absolute Gasteiger partial charge is 0 e. The van der Waals surface area contributed by atoms with Gasteiger partial charge in [-0.25, -0.2) is 0 Å². The van der Waals surface area contributed by atoms with Crippen LogP contribution >= 0.6 is 0 Å². The molecule has 0 saturated heterocycles. The van der Waals surface area contributed by atoms with Crippen LogP contribution in [0.15, 0.2) is 0 Å². The maximum absolute atomic E-state index is 3.43. The van der Waals surface area contributed by atoms with E-state index in [1.807, 2.05) is 20.3 Å². The maximum atomic E-state index is 3.43. The van der Waals surface area contributed by atoms with Crippen molar-refractivity contribution in [2.24, 2.45) is 0 Å². The fourth-order valence-corrected chi connectivity index (χ4v) is 2.07. The van der Waals surface area contributed by atoms with Crippen LogP contribution in [-0.4, -0.2) is 0 Å². The van der Waals surface area contributed by atoms with Gasteiger partial charge in [-0.1, -0.05) is 47.5 Å². The van der Waals surface area contributed by atoms with E-state index >= 15 is 0 Å². The molecule has 0 nitrogen and oxygen atoms in total. The van der Waals surface area contributed by atoms with E-state index in [2.05, 4.69) is 47.6 Å². The summed E-state index contributed by atoms with van der Waals surface area (Å²) in [4.78, 5) is 0. The van der Waals surface area contributed by atoms with Crippen molar-refractivity contribution in [3.8, 4) is 0 Å². The van der Waals surface area contributed by atoms with Gasteiger partial charge in [0.15, 0.2) is 0 Å². The summed E-state index contributed by atoms with van der Waals surface area (Å²) in [7, 11) is 0. The number of benzene rings is 1. The summed E-state index contributed by atoms with van der Waals surface area (Å²) in [6.45, 7) is 17.2. The van der Waals surface area contributed by atoms with Gasteiger partial charge in [-0.2, -0.15) is 42.2 Å². The minimum absolute atomic E-state index is 0. The van der Waals surface area contributed by atoms with Gasteiger partial charge in [-0.3, -0.25) is 0 Å². The van der Waals surface area contributed by atoms with Crippen molar-refractivity contribution in [2.75, 3.05) is 0 Å². The van der Waals surface area contributed by atoms with Crippen molar-refractivity contribution < 1.29 is 32.7 Å². The van der Waals surface area contributed by atoms with Gasteiger partial charge < -0.3 is 6.42 Å². The zero-order valence-electron chi connectivity index (χ0n) is 12.7. The minimum Gasteiger partial charge on any atom is -0.335 e. The van der Waals surface area contributed by atoms with Crippen LogP contribution in [0.4, 0.5) is 0 Å². The molecule has 0 unspecified atom stereocenters. The first-order chi connectivity index (χ1) is 7.36. The minimum atomic E-state index is 0. The Morgan fingerprint density at radius 3 is 1.65 bits per heavy atom. The number of hydrogen-bond donors (Lipinski definition) is 0. The van der Waals surface area contributed by atoms with Crippen molar-refractivity contribution in [3.05, 3.63) is 40.3 Å². The van der Waals surface area contributed by atoms with Crippen LogP contribution in [0.1, 0.15) is 61.4 Å². The van der Waals surface area contributed by atoms with E-state index in [1.165, 1.54) is 27.8 Å². The Morgan fingerprint density at radius 1 is 0.882 bits per heavy atom. The van der Waals surface area contributed by atoms with E-state index in [4.69, 9.17) is 0 Å². The fourth-order valence-electron chi connectivity index (χ4n) is 2.07. The Labute approximate surface area is 133 Å². The van der Waals surface area contributed by atoms with Gasteiger partial charge in [0.05, 0.1) is 0 Å². The Hall–Kier alpha value is 0.324. The number of rotatable bonds is 1. The molecule has 0 aliphatic carbocycles. The predicted molar refractivity (Wildman–Crippen MR) is 74.0 cm³/mol. The average Bonchev–Trinajstić information content (AvgIpc) is 2.15. The van der Waals surface area contributed by atoms with E-state index < -0.39 is 0 Å². The molecular formula is C16H26Y-2. The summed E-state index contributed by atoms with van der Waals surface area (Å²) in [5.41, 5.74) is 6.93. The van der Waals surface area contributed by atoms with Gasteiger partial charge in [0.2, 0.25) is 0 Å². The molecule has 0 fully saturated rings. The van der Waals surface area contributed by atoms with Gasteiger partial charge in [0.25, 0.3) is 0 Å². The molecule has 0 bridgehead atoms. The van der Waals surface area contributed by atoms with Crippen LogP contribution in [0.5, 0.6) is 0 Å². The van der Waals surface area contributed by atoms with E-state index in [0.29, 0.717) is 5.92 Å². The van der Waals surface area contributed by atoms with Gasteiger partial charge >= 0.3 is 0 Å². The van der Waals surface area contributed by atoms with E-state index in [-0.39, 0.29) is 32.7 Å². The first kappa shape index (κ1) is 19.7. The second-order valence-electron chi connectivity index (χ2n) is 4.77. The second-order valence-corrected chi connectivity index (χ2v) is 4.77. The monoisotopic (exact) mass is 307 g/mol. The maximum Gasteiger partial charge on any atom is 0 e. The summed E-state index contributed by atoms with van der Waals surface area (Å²) in [6.07, 6.45) is 2.00. The first-order valence-electron chi connectivity index (χ1n) is 6.10. The zero-order chi connectivity index (χ0) is 12.9. The molecule has 0 amide bonds. The van der Waals surface area contributed by atoms with Crippen LogP contribution in [0, 0.1) is 40.2 Å². The molecule has 1 heteroatoms. The topological polar surface area (TPSA) is 0 Å². The molecule has 0 N–H and O–H groups in total. The van der Waals surface area contributed by atoms with Crippen molar-refractivity contribution in [1.82, 2.24) is 0 Å². The first-order valence-corrected chi connectivity index (χ1v) is 6.10. The zero-order valence-corrected chi connectivity index (χ0v) is 15.6. The molecule has 95 valence electrons. The average molecular weight is 307 g/mol. The third-order valence-corrected chi connectivity index (χ3v) is 2.89. The summed E-state index contributed by atoms with van der Waals surface area (Å²) in [6, 6.07) is 3.43. The predicted octanol–water partition coefficient (Wildman–Crippen LogP) is 5.07. The molecule has 0 aromatic heterocycles. The van der Waals surface area contributed by atoms with Crippen LogP contribution < -0.4 is 0 Å². The Balaban J connectivity index is 0. The molecule has 1 aromatic rings. The van der Waals surface area contributed by atoms with Crippen LogP contribution in [0.2, 0.25) is 0 Å². The Bertz CT molecular complexity index is 338. The molecule has 0 heterocycles. The van der Waals surface area contributed by atoms with E-state index in [9.17, 15) is 0 Å². The number of hydrogen-bond acceptors (Lipinski definition) is 0. The molecular weight excluding hydrogens is 281 g/mol. The van der Waals surface area contributed by atoms with Gasteiger partial charge in [-0.15, -0.1) is 5.56 Å². The van der Waals surface area contributed by atoms with E-state index in [0.717, 1.165) is 0 Å². The van der Waals surface area contributed by atoms with Crippen LogP contribution in [0.3, 0.4) is 0 Å².